The van der Waals surface area contributed by atoms with Gasteiger partial charge in [0.2, 0.25) is 10.0 Å². The highest BCUT2D eigenvalue weighted by molar-refractivity contribution is 7.91. The number of halogens is 1. The van der Waals surface area contributed by atoms with Gasteiger partial charge < -0.3 is 0 Å². The lowest BCUT2D eigenvalue weighted by atomic mass is 9.96. The van der Waals surface area contributed by atoms with Gasteiger partial charge in [-0.15, -0.1) is 11.3 Å². The number of pyridine rings is 1. The maximum absolute atomic E-state index is 12.6. The number of rotatable bonds is 3. The summed E-state index contributed by atoms with van der Waals surface area (Å²) in [6.07, 6.45) is 5.70. The number of hydrogen-bond donors (Lipinski definition) is 1. The first kappa shape index (κ1) is 15.6. The molecular formula is C16H17ClN2O2S2. The summed E-state index contributed by atoms with van der Waals surface area (Å²) in [6, 6.07) is 7.26. The van der Waals surface area contributed by atoms with E-state index in [-0.39, 0.29) is 6.04 Å². The van der Waals surface area contributed by atoms with E-state index in [2.05, 4.69) is 15.8 Å². The molecule has 4 nitrogen and oxygen atoms in total. The molecule has 2 heterocycles. The predicted octanol–water partition coefficient (Wildman–Crippen LogP) is 3.27. The Morgan fingerprint density at radius 3 is 2.70 bits per heavy atom. The summed E-state index contributed by atoms with van der Waals surface area (Å²) in [5.74, 6) is 0.664. The van der Waals surface area contributed by atoms with E-state index in [1.54, 1.807) is 12.1 Å². The van der Waals surface area contributed by atoms with Crippen LogP contribution in [0.4, 0.5) is 0 Å². The van der Waals surface area contributed by atoms with E-state index in [4.69, 9.17) is 11.6 Å². The highest BCUT2D eigenvalue weighted by atomic mass is 35.5. The van der Waals surface area contributed by atoms with Gasteiger partial charge in [0.05, 0.1) is 4.34 Å². The molecule has 0 radical (unpaired) electrons. The first-order chi connectivity index (χ1) is 11.0. The molecular weight excluding hydrogens is 352 g/mol. The van der Waals surface area contributed by atoms with E-state index in [0.717, 1.165) is 42.7 Å². The Balaban J connectivity index is 1.61. The smallest absolute Gasteiger partial charge is 0.250 e. The molecule has 122 valence electrons. The van der Waals surface area contributed by atoms with Crippen molar-refractivity contribution in [3.05, 3.63) is 46.1 Å². The van der Waals surface area contributed by atoms with Crippen LogP contribution in [0.25, 0.3) is 0 Å². The van der Waals surface area contributed by atoms with Crippen LogP contribution in [0.1, 0.15) is 24.1 Å². The Morgan fingerprint density at radius 1 is 1.17 bits per heavy atom. The molecule has 0 saturated heterocycles. The van der Waals surface area contributed by atoms with E-state index >= 15 is 0 Å². The second-order valence-corrected chi connectivity index (χ2v) is 9.98. The molecule has 2 aliphatic carbocycles. The molecule has 2 aliphatic rings. The maximum Gasteiger partial charge on any atom is 0.250 e. The summed E-state index contributed by atoms with van der Waals surface area (Å²) < 4.78 is 29.0. The van der Waals surface area contributed by atoms with Crippen LogP contribution >= 0.6 is 22.9 Å². The van der Waals surface area contributed by atoms with Gasteiger partial charge in [-0.05, 0) is 61.3 Å². The standard InChI is InChI=1S/C16H17ClN2O2S2/c17-14-5-6-15(22-14)23(20,21)19-16-11-3-4-12(16)9-13-10(8-11)2-1-7-18-13/h1-2,5-7,11-12,16,19H,3-4,8-9H2. The van der Waals surface area contributed by atoms with E-state index in [1.807, 2.05) is 12.3 Å². The highest BCUT2D eigenvalue weighted by Crippen LogP contribution is 2.40. The fourth-order valence-corrected chi connectivity index (χ4v) is 6.75. The van der Waals surface area contributed by atoms with Crippen LogP contribution in [-0.4, -0.2) is 19.4 Å². The quantitative estimate of drug-likeness (QED) is 0.904. The molecule has 1 saturated carbocycles. The fourth-order valence-electron chi connectivity index (χ4n) is 3.87. The third-order valence-electron chi connectivity index (χ3n) is 4.95. The lowest BCUT2D eigenvalue weighted by Crippen LogP contribution is -2.41. The molecule has 3 atom stereocenters. The largest absolute Gasteiger partial charge is 0.261 e. The van der Waals surface area contributed by atoms with Crippen molar-refractivity contribution in [1.29, 1.82) is 0 Å². The van der Waals surface area contributed by atoms with Gasteiger partial charge in [0.15, 0.2) is 0 Å². The molecule has 2 aromatic heterocycles. The zero-order valence-electron chi connectivity index (χ0n) is 12.4. The summed E-state index contributed by atoms with van der Waals surface area (Å²) in [6.45, 7) is 0. The van der Waals surface area contributed by atoms with Crippen LogP contribution in [0.15, 0.2) is 34.7 Å². The van der Waals surface area contributed by atoms with Crippen molar-refractivity contribution in [3.8, 4) is 0 Å². The molecule has 3 unspecified atom stereocenters. The molecule has 23 heavy (non-hydrogen) atoms. The Hall–Kier alpha value is -0.950. The number of nitrogens with zero attached hydrogens (tertiary/aromatic N) is 1. The second kappa shape index (κ2) is 5.84. The third kappa shape index (κ3) is 2.93. The molecule has 0 spiro atoms. The van der Waals surface area contributed by atoms with Crippen LogP contribution in [-0.2, 0) is 22.9 Å². The Labute approximate surface area is 145 Å². The summed E-state index contributed by atoms with van der Waals surface area (Å²) in [5, 5.41) is 0. The number of hydrogen-bond acceptors (Lipinski definition) is 4. The molecule has 4 rings (SSSR count). The zero-order valence-corrected chi connectivity index (χ0v) is 14.8. The van der Waals surface area contributed by atoms with Crippen molar-refractivity contribution >= 4 is 33.0 Å². The molecule has 0 aliphatic heterocycles. The molecule has 0 aromatic carbocycles. The number of thiophene rings is 1. The van der Waals surface area contributed by atoms with Gasteiger partial charge >= 0.3 is 0 Å². The normalized spacial score (nSPS) is 26.7. The average Bonchev–Trinajstić information content (AvgIpc) is 3.04. The third-order valence-corrected chi connectivity index (χ3v) is 8.13. The molecule has 2 bridgehead atoms. The molecule has 0 amide bonds. The number of nitrogens with one attached hydrogen (secondary N) is 1. The SMILES string of the molecule is O=S(=O)(NC1C2CCC1Cc1ncccc1C2)c1ccc(Cl)s1. The van der Waals surface area contributed by atoms with Crippen LogP contribution < -0.4 is 4.72 Å². The topological polar surface area (TPSA) is 59.1 Å². The van der Waals surface area contributed by atoms with Crippen LogP contribution in [0.5, 0.6) is 0 Å². The fraction of sp³-hybridized carbons (Fsp3) is 0.438. The predicted molar refractivity (Wildman–Crippen MR) is 91.3 cm³/mol. The van der Waals surface area contributed by atoms with Crippen LogP contribution in [0, 0.1) is 11.8 Å². The summed E-state index contributed by atoms with van der Waals surface area (Å²) in [5.41, 5.74) is 2.39. The summed E-state index contributed by atoms with van der Waals surface area (Å²) in [7, 11) is -3.50. The van der Waals surface area contributed by atoms with Crippen molar-refractivity contribution in [2.24, 2.45) is 11.8 Å². The summed E-state index contributed by atoms with van der Waals surface area (Å²) in [4.78, 5) is 4.50. The molecule has 1 N–H and O–H groups in total. The van der Waals surface area contributed by atoms with Gasteiger partial charge in [-0.1, -0.05) is 17.7 Å². The number of fused-ring (bicyclic) bond motifs is 3. The van der Waals surface area contributed by atoms with E-state index in [9.17, 15) is 8.42 Å². The van der Waals surface area contributed by atoms with Gasteiger partial charge in [-0.2, -0.15) is 0 Å². The van der Waals surface area contributed by atoms with Crippen LogP contribution in [0.2, 0.25) is 4.34 Å². The van der Waals surface area contributed by atoms with Gasteiger partial charge in [-0.3, -0.25) is 4.98 Å². The Kier molecular flexibility index (Phi) is 3.96. The Morgan fingerprint density at radius 2 is 1.96 bits per heavy atom. The van der Waals surface area contributed by atoms with Crippen molar-refractivity contribution < 1.29 is 8.42 Å². The van der Waals surface area contributed by atoms with Gasteiger partial charge in [0.25, 0.3) is 0 Å². The van der Waals surface area contributed by atoms with Gasteiger partial charge in [-0.25, -0.2) is 13.1 Å². The van der Waals surface area contributed by atoms with E-state index < -0.39 is 10.0 Å². The van der Waals surface area contributed by atoms with E-state index in [0.29, 0.717) is 20.4 Å². The first-order valence-corrected chi connectivity index (χ1v) is 10.4. The lowest BCUT2D eigenvalue weighted by molar-refractivity contribution is 0.386. The van der Waals surface area contributed by atoms with E-state index in [1.165, 1.54) is 5.56 Å². The second-order valence-electron chi connectivity index (χ2n) is 6.32. The lowest BCUT2D eigenvalue weighted by Gasteiger charge is -2.23. The van der Waals surface area contributed by atoms with Crippen molar-refractivity contribution in [1.82, 2.24) is 9.71 Å². The van der Waals surface area contributed by atoms with Gasteiger partial charge in [0, 0.05) is 17.9 Å². The van der Waals surface area contributed by atoms with Crippen molar-refractivity contribution in [2.75, 3.05) is 0 Å². The Bertz CT molecular complexity index is 801. The molecule has 7 heteroatoms. The van der Waals surface area contributed by atoms with Crippen molar-refractivity contribution in [2.45, 2.75) is 35.9 Å². The highest BCUT2D eigenvalue weighted by Gasteiger charge is 2.41. The monoisotopic (exact) mass is 368 g/mol. The minimum atomic E-state index is -3.50. The average molecular weight is 369 g/mol. The number of sulfonamides is 1. The molecule has 2 aromatic rings. The molecule has 1 fully saturated rings. The van der Waals surface area contributed by atoms with Gasteiger partial charge in [0.1, 0.15) is 4.21 Å². The minimum Gasteiger partial charge on any atom is -0.261 e. The zero-order chi connectivity index (χ0) is 16.0. The first-order valence-electron chi connectivity index (χ1n) is 7.73. The number of aromatic nitrogens is 1. The van der Waals surface area contributed by atoms with Crippen molar-refractivity contribution in [3.63, 3.8) is 0 Å². The summed E-state index contributed by atoms with van der Waals surface area (Å²) >= 11 is 6.99. The van der Waals surface area contributed by atoms with Crippen LogP contribution in [0.3, 0.4) is 0 Å². The maximum atomic E-state index is 12.6. The minimum absolute atomic E-state index is 0.0184.